The fourth-order valence-corrected chi connectivity index (χ4v) is 8.06. The van der Waals surface area contributed by atoms with E-state index in [2.05, 4.69) is 15.2 Å². The molecule has 2 saturated heterocycles. The highest BCUT2D eigenvalue weighted by atomic mass is 35.5. The normalized spacial score (nSPS) is 17.1. The third kappa shape index (κ3) is 7.67. The molecule has 1 unspecified atom stereocenters. The average molecular weight is 861 g/mol. The molecular weight excluding hydrogens is 835 g/mol. The van der Waals surface area contributed by atoms with E-state index >= 15 is 0 Å². The van der Waals surface area contributed by atoms with Gasteiger partial charge in [-0.15, -0.1) is 5.10 Å². The number of thiocarbonyl (C=S) groups is 1. The molecule has 0 spiro atoms. The highest BCUT2D eigenvalue weighted by Gasteiger charge is 2.38. The number of rotatable bonds is 8. The van der Waals surface area contributed by atoms with Crippen molar-refractivity contribution >= 4 is 105 Å². The summed E-state index contributed by atoms with van der Waals surface area (Å²) in [5, 5.41) is 8.94. The van der Waals surface area contributed by atoms with E-state index in [-0.39, 0.29) is 10.0 Å². The van der Waals surface area contributed by atoms with Crippen molar-refractivity contribution in [3.05, 3.63) is 125 Å². The maximum absolute atomic E-state index is 14.1. The lowest BCUT2D eigenvalue weighted by Crippen LogP contribution is -2.52. The Bertz CT molecular complexity index is 2250. The molecular formula is C34H26Cl6F2N8S2. The maximum Gasteiger partial charge on any atom is 0.204 e. The van der Waals surface area contributed by atoms with Crippen molar-refractivity contribution in [2.75, 3.05) is 37.7 Å². The van der Waals surface area contributed by atoms with Crippen LogP contribution < -0.4 is 10.3 Å². The predicted molar refractivity (Wildman–Crippen MR) is 211 cm³/mol. The molecule has 0 bridgehead atoms. The van der Waals surface area contributed by atoms with Crippen LogP contribution in [0.4, 0.5) is 14.5 Å². The fraction of sp³-hybridized carbons (Fsp3) is 0.206. The van der Waals surface area contributed by atoms with Gasteiger partial charge in [0.1, 0.15) is 17.8 Å². The molecule has 7 rings (SSSR count). The Morgan fingerprint density at radius 3 is 1.87 bits per heavy atom. The van der Waals surface area contributed by atoms with Crippen LogP contribution in [0.25, 0.3) is 17.1 Å². The number of halogens is 8. The van der Waals surface area contributed by atoms with E-state index in [4.69, 9.17) is 99.1 Å². The fourth-order valence-electron chi connectivity index (χ4n) is 6.09. The number of benzene rings is 4. The quantitative estimate of drug-likeness (QED) is 0.155. The number of hydrogen-bond acceptors (Lipinski definition) is 6. The SMILES string of the molecule is Fc1ccc(N2C(=S)N(CN3CCN(Cn4nc(-c5ccc(Cl)cc5Cl)n(-c5ccc(F)c(Cl)c5)c4=S)CC3)NC2c2ccc(Cl)cc2Cl)cc1Cl. The first kappa shape index (κ1) is 37.7. The molecule has 2 fully saturated rings. The van der Waals surface area contributed by atoms with Crippen LogP contribution in [0.3, 0.4) is 0 Å². The number of piperazine rings is 1. The van der Waals surface area contributed by atoms with Crippen LogP contribution in [0.2, 0.25) is 30.1 Å². The molecule has 0 amide bonds. The summed E-state index contributed by atoms with van der Waals surface area (Å²) in [5.74, 6) is -0.615. The zero-order valence-electron chi connectivity index (χ0n) is 26.7. The minimum Gasteiger partial charge on any atom is -0.296 e. The average Bonchev–Trinajstić information content (AvgIpc) is 3.59. The predicted octanol–water partition coefficient (Wildman–Crippen LogP) is 10.1. The van der Waals surface area contributed by atoms with Crippen molar-refractivity contribution in [1.29, 1.82) is 0 Å². The summed E-state index contributed by atoms with van der Waals surface area (Å²) in [6.45, 7) is 3.64. The van der Waals surface area contributed by atoms with Gasteiger partial charge in [0.15, 0.2) is 10.9 Å². The molecule has 2 aliphatic heterocycles. The van der Waals surface area contributed by atoms with E-state index in [1.807, 2.05) is 16.0 Å². The van der Waals surface area contributed by atoms with Gasteiger partial charge in [-0.2, -0.15) is 0 Å². The first-order valence-corrected chi connectivity index (χ1v) is 18.8. The molecule has 270 valence electrons. The lowest BCUT2D eigenvalue weighted by molar-refractivity contribution is 0.0680. The van der Waals surface area contributed by atoms with Crippen molar-refractivity contribution in [3.63, 3.8) is 0 Å². The minimum absolute atomic E-state index is 0.0226. The number of hydrazine groups is 1. The van der Waals surface area contributed by atoms with Gasteiger partial charge in [-0.3, -0.25) is 24.3 Å². The van der Waals surface area contributed by atoms with Crippen molar-refractivity contribution in [3.8, 4) is 17.1 Å². The first-order chi connectivity index (χ1) is 24.9. The van der Waals surface area contributed by atoms with Gasteiger partial charge in [0.25, 0.3) is 0 Å². The number of aromatic nitrogens is 3. The lowest BCUT2D eigenvalue weighted by Gasteiger charge is -2.36. The zero-order valence-corrected chi connectivity index (χ0v) is 32.9. The molecule has 8 nitrogen and oxygen atoms in total. The molecule has 0 radical (unpaired) electrons. The Morgan fingerprint density at radius 1 is 0.673 bits per heavy atom. The summed E-state index contributed by atoms with van der Waals surface area (Å²) < 4.78 is 32.1. The van der Waals surface area contributed by atoms with Crippen molar-refractivity contribution < 1.29 is 8.78 Å². The summed E-state index contributed by atoms with van der Waals surface area (Å²) in [4.78, 5) is 6.34. The molecule has 1 atom stereocenters. The Labute approximate surface area is 338 Å². The maximum atomic E-state index is 14.1. The van der Waals surface area contributed by atoms with E-state index in [0.717, 1.165) is 5.56 Å². The third-order valence-corrected chi connectivity index (χ3v) is 11.2. The van der Waals surface area contributed by atoms with Crippen LogP contribution in [0.1, 0.15) is 11.7 Å². The molecule has 0 aliphatic carbocycles. The van der Waals surface area contributed by atoms with E-state index in [0.29, 0.717) is 92.3 Å². The second-order valence-electron chi connectivity index (χ2n) is 12.1. The van der Waals surface area contributed by atoms with Gasteiger partial charge in [0, 0.05) is 58.1 Å². The van der Waals surface area contributed by atoms with E-state index in [1.54, 1.807) is 51.7 Å². The Kier molecular flexibility index (Phi) is 11.3. The number of nitrogens with zero attached hydrogens (tertiary/aromatic N) is 7. The van der Waals surface area contributed by atoms with Crippen LogP contribution >= 0.6 is 94.0 Å². The summed E-state index contributed by atoms with van der Waals surface area (Å²) >= 11 is 49.8. The molecule has 0 saturated carbocycles. The van der Waals surface area contributed by atoms with Crippen LogP contribution in [-0.2, 0) is 6.67 Å². The van der Waals surface area contributed by atoms with E-state index in [9.17, 15) is 8.78 Å². The highest BCUT2D eigenvalue weighted by molar-refractivity contribution is 7.80. The van der Waals surface area contributed by atoms with Crippen LogP contribution in [0, 0.1) is 16.4 Å². The second-order valence-corrected chi connectivity index (χ2v) is 15.3. The van der Waals surface area contributed by atoms with Gasteiger partial charge in [-0.25, -0.2) is 18.9 Å². The van der Waals surface area contributed by atoms with Gasteiger partial charge in [-0.1, -0.05) is 75.7 Å². The van der Waals surface area contributed by atoms with Gasteiger partial charge >= 0.3 is 0 Å². The Balaban J connectivity index is 1.09. The van der Waals surface area contributed by atoms with Gasteiger partial charge in [0.2, 0.25) is 4.77 Å². The topological polar surface area (TPSA) is 47.7 Å². The molecule has 1 N–H and O–H groups in total. The molecule has 3 heterocycles. The van der Waals surface area contributed by atoms with Gasteiger partial charge in [0.05, 0.1) is 34.1 Å². The standard InChI is InChI=1S/C34H26Cl6F2N8S2/c35-19-1-5-23(25(37)13-19)31-43-47(33(51)49(31)21-3-7-29(41)27(39)15-21)17-45-9-11-46(12-10-45)18-48-34(52)50(22-4-8-30(42)28(40)16-22)32(44-48)24-6-2-20(36)14-26(24)38/h1-8,13-16,31,43H,9-12,17-18H2. The monoisotopic (exact) mass is 858 g/mol. The van der Waals surface area contributed by atoms with Gasteiger partial charge < -0.3 is 0 Å². The van der Waals surface area contributed by atoms with Crippen molar-refractivity contribution in [2.45, 2.75) is 12.8 Å². The third-order valence-electron chi connectivity index (χ3n) is 8.72. The minimum atomic E-state index is -0.546. The smallest absolute Gasteiger partial charge is 0.204 e. The highest BCUT2D eigenvalue weighted by Crippen LogP contribution is 2.37. The van der Waals surface area contributed by atoms with Crippen molar-refractivity contribution in [1.82, 2.24) is 34.6 Å². The molecule has 5 aromatic rings. The molecule has 1 aromatic heterocycles. The number of hydrogen-bond donors (Lipinski definition) is 1. The molecule has 18 heteroatoms. The van der Waals surface area contributed by atoms with Crippen LogP contribution in [-0.4, -0.2) is 67.1 Å². The van der Waals surface area contributed by atoms with Gasteiger partial charge in [-0.05, 0) is 91.2 Å². The lowest BCUT2D eigenvalue weighted by atomic mass is 10.1. The van der Waals surface area contributed by atoms with E-state index < -0.39 is 17.8 Å². The second kappa shape index (κ2) is 15.6. The summed E-state index contributed by atoms with van der Waals surface area (Å²) in [6.07, 6.45) is -0.503. The first-order valence-electron chi connectivity index (χ1n) is 15.7. The van der Waals surface area contributed by atoms with E-state index in [1.165, 1.54) is 24.3 Å². The summed E-state index contributed by atoms with van der Waals surface area (Å²) in [6, 6.07) is 19.2. The summed E-state index contributed by atoms with van der Waals surface area (Å²) in [5.41, 5.74) is 5.96. The Morgan fingerprint density at radius 2 is 1.25 bits per heavy atom. The molecule has 52 heavy (non-hydrogen) atoms. The molecule has 4 aromatic carbocycles. The Hall–Kier alpha value is -2.59. The largest absolute Gasteiger partial charge is 0.296 e. The van der Waals surface area contributed by atoms with Crippen LogP contribution in [0.5, 0.6) is 0 Å². The van der Waals surface area contributed by atoms with Crippen LogP contribution in [0.15, 0.2) is 72.8 Å². The van der Waals surface area contributed by atoms with Crippen molar-refractivity contribution in [2.24, 2.45) is 0 Å². The summed E-state index contributed by atoms with van der Waals surface area (Å²) in [7, 11) is 0. The zero-order chi connectivity index (χ0) is 36.8. The molecule has 2 aliphatic rings. The number of anilines is 1. The number of nitrogens with one attached hydrogen (secondary N) is 1.